The number of rotatable bonds is 11. The molecule has 0 saturated carbocycles. The van der Waals surface area contributed by atoms with Crippen LogP contribution in [0.3, 0.4) is 0 Å². The molecule has 156 valence electrons. The molecule has 1 heterocycles. The van der Waals surface area contributed by atoms with Gasteiger partial charge in [0.15, 0.2) is 5.96 Å². The van der Waals surface area contributed by atoms with Crippen LogP contribution in [0, 0.1) is 0 Å². The van der Waals surface area contributed by atoms with E-state index in [-0.39, 0.29) is 24.0 Å². The summed E-state index contributed by atoms with van der Waals surface area (Å²) in [5, 5.41) is 6.72. The second kappa shape index (κ2) is 14.4. The van der Waals surface area contributed by atoms with Gasteiger partial charge in [0.25, 0.3) is 0 Å². The summed E-state index contributed by atoms with van der Waals surface area (Å²) in [6, 6.07) is 12.4. The molecule has 1 aromatic carbocycles. The molecule has 0 aliphatic heterocycles. The van der Waals surface area contributed by atoms with E-state index >= 15 is 0 Å². The van der Waals surface area contributed by atoms with Crippen molar-refractivity contribution in [3.63, 3.8) is 0 Å². The van der Waals surface area contributed by atoms with Gasteiger partial charge < -0.3 is 19.8 Å². The van der Waals surface area contributed by atoms with E-state index in [1.54, 1.807) is 13.3 Å². The molecule has 0 fully saturated rings. The van der Waals surface area contributed by atoms with Gasteiger partial charge in [-0.15, -0.1) is 24.0 Å². The van der Waals surface area contributed by atoms with Crippen molar-refractivity contribution < 1.29 is 9.15 Å². The van der Waals surface area contributed by atoms with Crippen LogP contribution in [0.4, 0.5) is 0 Å². The summed E-state index contributed by atoms with van der Waals surface area (Å²) in [7, 11) is 3.90. The lowest BCUT2D eigenvalue weighted by Crippen LogP contribution is -2.37. The van der Waals surface area contributed by atoms with Gasteiger partial charge in [-0.2, -0.15) is 0 Å². The van der Waals surface area contributed by atoms with Gasteiger partial charge >= 0.3 is 0 Å². The van der Waals surface area contributed by atoms with Crippen LogP contribution >= 0.6 is 24.0 Å². The number of halogens is 1. The molecule has 2 rings (SSSR count). The van der Waals surface area contributed by atoms with Gasteiger partial charge in [0.05, 0.1) is 12.8 Å². The molecule has 0 unspecified atom stereocenters. The Morgan fingerprint density at radius 3 is 2.57 bits per heavy atom. The van der Waals surface area contributed by atoms with Gasteiger partial charge in [0, 0.05) is 39.9 Å². The summed E-state index contributed by atoms with van der Waals surface area (Å²) >= 11 is 0. The van der Waals surface area contributed by atoms with Crippen molar-refractivity contribution in [2.75, 3.05) is 33.9 Å². The summed E-state index contributed by atoms with van der Waals surface area (Å²) in [6.45, 7) is 6.76. The molecule has 0 atom stereocenters. The number of aliphatic imine (C=N–C) groups is 1. The highest BCUT2D eigenvalue weighted by Gasteiger charge is 2.08. The average Bonchev–Trinajstić information content (AvgIpc) is 3.18. The van der Waals surface area contributed by atoms with Gasteiger partial charge in [-0.3, -0.25) is 9.89 Å². The molecule has 0 aliphatic rings. The summed E-state index contributed by atoms with van der Waals surface area (Å²) in [5.74, 6) is 1.79. The molecule has 7 heteroatoms. The molecule has 0 radical (unpaired) electrons. The highest BCUT2D eigenvalue weighted by Crippen LogP contribution is 2.13. The average molecular weight is 500 g/mol. The van der Waals surface area contributed by atoms with Crippen LogP contribution in [-0.2, 0) is 24.4 Å². The van der Waals surface area contributed by atoms with Crippen molar-refractivity contribution in [2.24, 2.45) is 4.99 Å². The first kappa shape index (κ1) is 24.5. The summed E-state index contributed by atoms with van der Waals surface area (Å²) in [5.41, 5.74) is 2.56. The van der Waals surface area contributed by atoms with Gasteiger partial charge in [0.2, 0.25) is 0 Å². The number of nitrogens with one attached hydrogen (secondary N) is 2. The first-order valence-corrected chi connectivity index (χ1v) is 9.53. The normalized spacial score (nSPS) is 11.4. The molecule has 2 N–H and O–H groups in total. The van der Waals surface area contributed by atoms with E-state index in [9.17, 15) is 0 Å². The first-order chi connectivity index (χ1) is 13.2. The van der Waals surface area contributed by atoms with Crippen LogP contribution in [-0.4, -0.2) is 44.7 Å². The molecule has 28 heavy (non-hydrogen) atoms. The van der Waals surface area contributed by atoms with E-state index < -0.39 is 0 Å². The summed E-state index contributed by atoms with van der Waals surface area (Å²) < 4.78 is 10.8. The van der Waals surface area contributed by atoms with E-state index in [2.05, 4.69) is 51.8 Å². The van der Waals surface area contributed by atoms with Crippen LogP contribution in [0.5, 0.6) is 0 Å². The number of nitrogens with zero attached hydrogens (tertiary/aromatic N) is 2. The van der Waals surface area contributed by atoms with Crippen LogP contribution in [0.25, 0.3) is 0 Å². The minimum absolute atomic E-state index is 0. The predicted octanol–water partition coefficient (Wildman–Crippen LogP) is 3.62. The molecule has 1 aromatic heterocycles. The van der Waals surface area contributed by atoms with Crippen molar-refractivity contribution in [1.82, 2.24) is 15.5 Å². The Kier molecular flexibility index (Phi) is 12.6. The highest BCUT2D eigenvalue weighted by molar-refractivity contribution is 14.0. The zero-order valence-corrected chi connectivity index (χ0v) is 19.4. The van der Waals surface area contributed by atoms with Crippen molar-refractivity contribution in [2.45, 2.75) is 33.0 Å². The highest BCUT2D eigenvalue weighted by atomic mass is 127. The van der Waals surface area contributed by atoms with Gasteiger partial charge in [-0.05, 0) is 43.7 Å². The lowest BCUT2D eigenvalue weighted by molar-refractivity contribution is 0.145. The van der Waals surface area contributed by atoms with Crippen LogP contribution in [0.15, 0.2) is 52.1 Å². The maximum atomic E-state index is 5.44. The van der Waals surface area contributed by atoms with Crippen LogP contribution in [0.1, 0.15) is 30.2 Å². The molecule has 0 saturated heterocycles. The Morgan fingerprint density at radius 2 is 1.89 bits per heavy atom. The molecule has 6 nitrogen and oxygen atoms in total. The minimum Gasteiger partial charge on any atom is -0.468 e. The number of guanidine groups is 1. The van der Waals surface area contributed by atoms with E-state index in [0.29, 0.717) is 0 Å². The van der Waals surface area contributed by atoms with Crippen LogP contribution in [0.2, 0.25) is 0 Å². The number of hydrogen-bond acceptors (Lipinski definition) is 4. The summed E-state index contributed by atoms with van der Waals surface area (Å²) in [4.78, 5) is 6.54. The third-order valence-electron chi connectivity index (χ3n) is 4.20. The monoisotopic (exact) mass is 500 g/mol. The minimum atomic E-state index is 0. The largest absolute Gasteiger partial charge is 0.468 e. The second-order valence-corrected chi connectivity index (χ2v) is 6.42. The fourth-order valence-electron chi connectivity index (χ4n) is 2.82. The standard InChI is InChI=1S/C21H32N4O2.HI/c1-4-26-13-8-12-23-21(22-2)24-15-18-9-5-6-10-19(18)16-25(3)17-20-11-7-14-27-20;/h5-7,9-11,14H,4,8,12-13,15-17H2,1-3H3,(H2,22,23,24);1H. The van der Waals surface area contributed by atoms with E-state index in [4.69, 9.17) is 9.15 Å². The number of benzene rings is 1. The smallest absolute Gasteiger partial charge is 0.191 e. The van der Waals surface area contributed by atoms with Crippen molar-refractivity contribution in [3.8, 4) is 0 Å². The number of hydrogen-bond donors (Lipinski definition) is 2. The molecular weight excluding hydrogens is 467 g/mol. The number of ether oxygens (including phenoxy) is 1. The lowest BCUT2D eigenvalue weighted by atomic mass is 10.1. The zero-order chi connectivity index (χ0) is 19.3. The SMILES string of the molecule is CCOCCCNC(=NC)NCc1ccccc1CN(C)Cc1ccco1.I. The van der Waals surface area contributed by atoms with Gasteiger partial charge in [-0.1, -0.05) is 24.3 Å². The van der Waals surface area contributed by atoms with E-state index in [1.807, 2.05) is 19.1 Å². The molecule has 0 aliphatic carbocycles. The lowest BCUT2D eigenvalue weighted by Gasteiger charge is -2.19. The topological polar surface area (TPSA) is 62.0 Å². The molecule has 0 spiro atoms. The fourth-order valence-corrected chi connectivity index (χ4v) is 2.82. The maximum absolute atomic E-state index is 5.44. The third-order valence-corrected chi connectivity index (χ3v) is 4.20. The van der Waals surface area contributed by atoms with Crippen molar-refractivity contribution in [1.29, 1.82) is 0 Å². The first-order valence-electron chi connectivity index (χ1n) is 9.53. The summed E-state index contributed by atoms with van der Waals surface area (Å²) in [6.07, 6.45) is 2.68. The Labute approximate surface area is 185 Å². The Hall–Kier alpha value is -1.58. The quantitative estimate of drug-likeness (QED) is 0.214. The molecule has 0 bridgehead atoms. The van der Waals surface area contributed by atoms with E-state index in [0.717, 1.165) is 57.5 Å². The molecule has 2 aromatic rings. The van der Waals surface area contributed by atoms with Gasteiger partial charge in [-0.25, -0.2) is 0 Å². The predicted molar refractivity (Wildman–Crippen MR) is 125 cm³/mol. The van der Waals surface area contributed by atoms with E-state index in [1.165, 1.54) is 11.1 Å². The maximum Gasteiger partial charge on any atom is 0.191 e. The fraction of sp³-hybridized carbons (Fsp3) is 0.476. The van der Waals surface area contributed by atoms with Crippen molar-refractivity contribution >= 4 is 29.9 Å². The van der Waals surface area contributed by atoms with Gasteiger partial charge in [0.1, 0.15) is 5.76 Å². The molecular formula is C21H33IN4O2. The zero-order valence-electron chi connectivity index (χ0n) is 17.1. The Balaban J connectivity index is 0.00000392. The Morgan fingerprint density at radius 1 is 1.11 bits per heavy atom. The van der Waals surface area contributed by atoms with Crippen LogP contribution < -0.4 is 10.6 Å². The second-order valence-electron chi connectivity index (χ2n) is 6.42. The Bertz CT molecular complexity index is 677. The number of furan rings is 1. The van der Waals surface area contributed by atoms with Crippen molar-refractivity contribution in [3.05, 3.63) is 59.5 Å². The third kappa shape index (κ3) is 9.07. The molecule has 0 amide bonds.